The van der Waals surface area contributed by atoms with Gasteiger partial charge in [0.25, 0.3) is 0 Å². The first-order valence-electron chi connectivity index (χ1n) is 30.5. The number of hydrogen-bond acceptors (Lipinski definition) is 10. The van der Waals surface area contributed by atoms with Crippen LogP contribution in [0.25, 0.3) is 0 Å². The number of hydrogen-bond donors (Lipinski definition) is 6. The molecule has 0 aromatic rings. The fourth-order valence-electron chi connectivity index (χ4n) is 8.65. The van der Waals surface area contributed by atoms with E-state index in [0.29, 0.717) is 19.3 Å². The lowest BCUT2D eigenvalue weighted by Gasteiger charge is -2.41. The molecule has 0 radical (unpaired) electrons. The van der Waals surface area contributed by atoms with Crippen molar-refractivity contribution in [2.24, 2.45) is 0 Å². The standard InChI is InChI=1S/C67H109NO10/c1-4-7-10-13-16-19-22-25-26-27-28-29-30-31-32-33-34-35-37-39-42-45-48-51-54-60(71)66(75)68-58(59(70)53-50-47-44-41-38-24-21-18-15-12-9-6-3)57-76-67-65(64(74)63(73)61(56-69)77-67)78-62(72)55-52-49-46-43-40-36-23-20-17-14-11-8-5-2/h7-8,10-11,14,16-17,19-20,23,25-26,28-29,31-32,36,40,43,46,50,53,58-61,63-65,67,69-71,73-74H,4-6,9,12-13,15,18,21-22,24,27,30,33-35,37-39,41-42,44-45,47-49,51-52,54-57H2,1-3H3,(H,68,75)/b10-7-,11-8+,17-14+,19-16-,23-20-,26-25-,29-28-,32-31-,40-36-,46-43+,53-50+. The maximum absolute atomic E-state index is 13.4. The van der Waals surface area contributed by atoms with Gasteiger partial charge in [-0.15, -0.1) is 0 Å². The van der Waals surface area contributed by atoms with Crippen molar-refractivity contribution in [1.82, 2.24) is 5.32 Å². The molecular weight excluding hydrogens is 979 g/mol. The fraction of sp³-hybridized carbons (Fsp3) is 0.642. The van der Waals surface area contributed by atoms with Gasteiger partial charge in [0.05, 0.1) is 25.4 Å². The van der Waals surface area contributed by atoms with Crippen molar-refractivity contribution >= 4 is 11.9 Å². The highest BCUT2D eigenvalue weighted by atomic mass is 16.7. The molecule has 0 aromatic heterocycles. The van der Waals surface area contributed by atoms with Gasteiger partial charge in [-0.3, -0.25) is 9.59 Å². The smallest absolute Gasteiger partial charge is 0.306 e. The van der Waals surface area contributed by atoms with Crippen LogP contribution in [0.5, 0.6) is 0 Å². The summed E-state index contributed by atoms with van der Waals surface area (Å²) in [5, 5.41) is 56.9. The van der Waals surface area contributed by atoms with Gasteiger partial charge in [-0.1, -0.05) is 257 Å². The zero-order valence-corrected chi connectivity index (χ0v) is 48.7. The second-order valence-electron chi connectivity index (χ2n) is 20.4. The molecule has 1 rings (SSSR count). The summed E-state index contributed by atoms with van der Waals surface area (Å²) in [7, 11) is 0. The van der Waals surface area contributed by atoms with E-state index in [0.717, 1.165) is 96.3 Å². The van der Waals surface area contributed by atoms with Crippen LogP contribution in [0.15, 0.2) is 134 Å². The van der Waals surface area contributed by atoms with Gasteiger partial charge in [-0.05, 0) is 83.5 Å². The third-order valence-corrected chi connectivity index (χ3v) is 13.4. The Hall–Kier alpha value is -4.20. The maximum atomic E-state index is 13.4. The summed E-state index contributed by atoms with van der Waals surface area (Å²) < 4.78 is 17.5. The molecule has 0 saturated carbocycles. The van der Waals surface area contributed by atoms with Crippen LogP contribution in [-0.4, -0.2) is 99.6 Å². The van der Waals surface area contributed by atoms with Crippen LogP contribution in [0.1, 0.15) is 213 Å². The van der Waals surface area contributed by atoms with E-state index in [1.54, 1.807) is 6.08 Å². The summed E-state index contributed by atoms with van der Waals surface area (Å²) >= 11 is 0. The number of nitrogens with one attached hydrogen (secondary N) is 1. The molecule has 1 aliphatic heterocycles. The first-order valence-corrected chi connectivity index (χ1v) is 30.5. The van der Waals surface area contributed by atoms with E-state index in [4.69, 9.17) is 14.2 Å². The highest BCUT2D eigenvalue weighted by molar-refractivity contribution is 5.80. The first kappa shape index (κ1) is 71.8. The Morgan fingerprint density at radius 3 is 1.53 bits per heavy atom. The molecule has 11 heteroatoms. The van der Waals surface area contributed by atoms with Crippen LogP contribution >= 0.6 is 0 Å². The van der Waals surface area contributed by atoms with E-state index in [2.05, 4.69) is 92.9 Å². The molecule has 11 nitrogen and oxygen atoms in total. The van der Waals surface area contributed by atoms with Gasteiger partial charge < -0.3 is 45.1 Å². The van der Waals surface area contributed by atoms with Gasteiger partial charge in [-0.2, -0.15) is 0 Å². The van der Waals surface area contributed by atoms with Crippen molar-refractivity contribution in [1.29, 1.82) is 0 Å². The number of aliphatic hydroxyl groups is 5. The van der Waals surface area contributed by atoms with Crippen molar-refractivity contribution in [3.8, 4) is 0 Å². The molecule has 442 valence electrons. The quantitative estimate of drug-likeness (QED) is 0.0149. The molecule has 8 atom stereocenters. The predicted molar refractivity (Wildman–Crippen MR) is 324 cm³/mol. The van der Waals surface area contributed by atoms with E-state index >= 15 is 0 Å². The minimum Gasteiger partial charge on any atom is -0.454 e. The first-order chi connectivity index (χ1) is 38.2. The lowest BCUT2D eigenvalue weighted by atomic mass is 9.99. The van der Waals surface area contributed by atoms with Crippen LogP contribution in [0.4, 0.5) is 0 Å². The normalized spacial score (nSPS) is 19.9. The van der Waals surface area contributed by atoms with Crippen LogP contribution in [0.3, 0.4) is 0 Å². The summed E-state index contributed by atoms with van der Waals surface area (Å²) in [6.07, 6.45) is 65.0. The number of amides is 1. The Kier molecular flexibility index (Phi) is 49.2. The SMILES string of the molecule is CC/C=C\C/C=C\C/C=C\C/C=C\C/C=C\CCCCCCCCCCC(O)C(=O)NC(COC1OC(CO)C(O)C(O)C1OC(=O)CCC/C=C/C=C\C=C/C=C/C=C/CC)C(O)/C=C/CCCCCCCCCCCC. The van der Waals surface area contributed by atoms with Gasteiger partial charge in [0, 0.05) is 6.42 Å². The van der Waals surface area contributed by atoms with Crippen LogP contribution in [-0.2, 0) is 23.8 Å². The molecule has 0 aromatic carbocycles. The number of carbonyl (C=O) groups excluding carboxylic acids is 2. The predicted octanol–water partition coefficient (Wildman–Crippen LogP) is 14.4. The Labute approximate surface area is 473 Å². The highest BCUT2D eigenvalue weighted by Crippen LogP contribution is 2.26. The molecule has 8 unspecified atom stereocenters. The molecule has 1 fully saturated rings. The van der Waals surface area contributed by atoms with Gasteiger partial charge in [0.2, 0.25) is 5.91 Å². The van der Waals surface area contributed by atoms with Crippen molar-refractivity contribution in [2.75, 3.05) is 13.2 Å². The molecule has 0 spiro atoms. The lowest BCUT2D eigenvalue weighted by molar-refractivity contribution is -0.305. The molecule has 6 N–H and O–H groups in total. The van der Waals surface area contributed by atoms with Crippen LogP contribution in [0, 0.1) is 0 Å². The monoisotopic (exact) mass is 1090 g/mol. The van der Waals surface area contributed by atoms with Crippen LogP contribution in [0.2, 0.25) is 0 Å². The Balaban J connectivity index is 2.69. The Bertz CT molecular complexity index is 1770. The van der Waals surface area contributed by atoms with E-state index in [1.165, 1.54) is 64.2 Å². The number of esters is 1. The number of unbranched alkanes of at least 4 members (excludes halogenated alkanes) is 19. The molecule has 1 saturated heterocycles. The number of ether oxygens (including phenoxy) is 3. The van der Waals surface area contributed by atoms with Gasteiger partial charge in [-0.25, -0.2) is 0 Å². The summed E-state index contributed by atoms with van der Waals surface area (Å²) in [6.45, 7) is 5.46. The number of carbonyl (C=O) groups is 2. The molecule has 1 aliphatic rings. The second kappa shape index (κ2) is 53.4. The summed E-state index contributed by atoms with van der Waals surface area (Å²) in [4.78, 5) is 26.5. The molecule has 1 heterocycles. The molecule has 0 aliphatic carbocycles. The minimum atomic E-state index is -1.65. The lowest BCUT2D eigenvalue weighted by Crippen LogP contribution is -2.61. The molecule has 0 bridgehead atoms. The summed E-state index contributed by atoms with van der Waals surface area (Å²) in [5.74, 6) is -1.29. The Morgan fingerprint density at radius 2 is 0.987 bits per heavy atom. The zero-order valence-electron chi connectivity index (χ0n) is 48.7. The van der Waals surface area contributed by atoms with Crippen molar-refractivity contribution in [3.63, 3.8) is 0 Å². The average molecular weight is 1090 g/mol. The molecular formula is C67H109NO10. The fourth-order valence-corrected chi connectivity index (χ4v) is 8.65. The topological polar surface area (TPSA) is 175 Å². The van der Waals surface area contributed by atoms with Gasteiger partial charge in [0.15, 0.2) is 12.4 Å². The van der Waals surface area contributed by atoms with Crippen molar-refractivity contribution < 1.29 is 49.3 Å². The van der Waals surface area contributed by atoms with E-state index < -0.39 is 67.4 Å². The van der Waals surface area contributed by atoms with Gasteiger partial charge in [0.1, 0.15) is 24.4 Å². The van der Waals surface area contributed by atoms with Crippen molar-refractivity contribution in [2.45, 2.75) is 262 Å². The zero-order chi connectivity index (χ0) is 56.8. The average Bonchev–Trinajstić information content (AvgIpc) is 3.45. The molecule has 1 amide bonds. The van der Waals surface area contributed by atoms with E-state index in [1.807, 2.05) is 60.8 Å². The van der Waals surface area contributed by atoms with Crippen molar-refractivity contribution in [3.05, 3.63) is 134 Å². The minimum absolute atomic E-state index is 0.0194. The third-order valence-electron chi connectivity index (χ3n) is 13.4. The Morgan fingerprint density at radius 1 is 0.526 bits per heavy atom. The summed E-state index contributed by atoms with van der Waals surface area (Å²) in [6, 6.07) is -1.05. The number of allylic oxidation sites excluding steroid dienone is 21. The molecule has 78 heavy (non-hydrogen) atoms. The van der Waals surface area contributed by atoms with E-state index in [9.17, 15) is 35.1 Å². The third kappa shape index (κ3) is 40.9. The largest absolute Gasteiger partial charge is 0.454 e. The van der Waals surface area contributed by atoms with Gasteiger partial charge >= 0.3 is 5.97 Å². The highest BCUT2D eigenvalue weighted by Gasteiger charge is 2.47. The van der Waals surface area contributed by atoms with E-state index in [-0.39, 0.29) is 19.4 Å². The van der Waals surface area contributed by atoms with Crippen LogP contribution < -0.4 is 5.32 Å². The number of aliphatic hydroxyl groups excluding tert-OH is 5. The maximum Gasteiger partial charge on any atom is 0.306 e. The summed E-state index contributed by atoms with van der Waals surface area (Å²) in [5.41, 5.74) is 0. The second-order valence-corrected chi connectivity index (χ2v) is 20.4. The number of rotatable bonds is 49.